The van der Waals surface area contributed by atoms with Gasteiger partial charge < -0.3 is 9.64 Å². The normalized spacial score (nSPS) is 16.3. The minimum absolute atomic E-state index is 0.0499. The number of hydrogen-bond acceptors (Lipinski definition) is 4. The largest absolute Gasteiger partial charge is 0.496 e. The summed E-state index contributed by atoms with van der Waals surface area (Å²) in [5.74, 6) is 0.808. The molecule has 0 aromatic heterocycles. The molecule has 0 bridgehead atoms. The molecule has 1 aromatic carbocycles. The van der Waals surface area contributed by atoms with Gasteiger partial charge in [-0.25, -0.2) is 0 Å². The molecule has 0 N–H and O–H groups in total. The summed E-state index contributed by atoms with van der Waals surface area (Å²) < 4.78 is 32.9. The first kappa shape index (κ1) is 20.2. The van der Waals surface area contributed by atoms with Gasteiger partial charge in [0.25, 0.3) is 10.2 Å². The second-order valence-electron chi connectivity index (χ2n) is 6.04. The summed E-state index contributed by atoms with van der Waals surface area (Å²) in [5, 5.41) is 0. The maximum atomic E-state index is 12.4. The van der Waals surface area contributed by atoms with E-state index in [1.165, 1.54) is 22.7 Å². The summed E-state index contributed by atoms with van der Waals surface area (Å²) >= 11 is 3.44. The molecule has 1 saturated heterocycles. The zero-order chi connectivity index (χ0) is 18.6. The molecule has 1 amide bonds. The van der Waals surface area contributed by atoms with Gasteiger partial charge in [-0.15, -0.1) is 0 Å². The number of benzene rings is 1. The van der Waals surface area contributed by atoms with Crippen LogP contribution in [-0.2, 0) is 21.4 Å². The smallest absolute Gasteiger partial charge is 0.281 e. The second kappa shape index (κ2) is 8.48. The van der Waals surface area contributed by atoms with E-state index in [1.54, 1.807) is 12.0 Å². The van der Waals surface area contributed by atoms with E-state index in [4.69, 9.17) is 4.74 Å². The summed E-state index contributed by atoms with van der Waals surface area (Å²) in [6.45, 7) is 1.52. The molecule has 1 aromatic rings. The lowest BCUT2D eigenvalue weighted by atomic mass is 10.1. The van der Waals surface area contributed by atoms with E-state index in [-0.39, 0.29) is 5.91 Å². The SMILES string of the molecule is COc1ccc(CCC(=O)N2CCN(S(=O)(=O)N(C)C)CC2)cc1Br. The molecule has 0 spiro atoms. The van der Waals surface area contributed by atoms with Gasteiger partial charge in [0.05, 0.1) is 11.6 Å². The van der Waals surface area contributed by atoms with Crippen molar-refractivity contribution in [1.82, 2.24) is 13.5 Å². The fourth-order valence-electron chi connectivity index (χ4n) is 2.67. The van der Waals surface area contributed by atoms with Crippen molar-refractivity contribution in [3.8, 4) is 5.75 Å². The zero-order valence-corrected chi connectivity index (χ0v) is 17.1. The topological polar surface area (TPSA) is 70.2 Å². The van der Waals surface area contributed by atoms with Crippen LogP contribution in [0.2, 0.25) is 0 Å². The van der Waals surface area contributed by atoms with E-state index in [9.17, 15) is 13.2 Å². The standard InChI is InChI=1S/C16H24BrN3O4S/c1-18(2)25(22,23)20-10-8-19(9-11-20)16(21)7-5-13-4-6-15(24-3)14(17)12-13/h4,6,12H,5,7-11H2,1-3H3. The first-order valence-electron chi connectivity index (χ1n) is 8.03. The number of methoxy groups -OCH3 is 1. The molecule has 0 saturated carbocycles. The quantitative estimate of drug-likeness (QED) is 0.678. The van der Waals surface area contributed by atoms with Gasteiger partial charge >= 0.3 is 0 Å². The Morgan fingerprint density at radius 2 is 1.88 bits per heavy atom. The molecular formula is C16H24BrN3O4S. The van der Waals surface area contributed by atoms with Crippen molar-refractivity contribution in [1.29, 1.82) is 0 Å². The summed E-state index contributed by atoms with van der Waals surface area (Å²) in [6, 6.07) is 5.76. The van der Waals surface area contributed by atoms with Crippen LogP contribution in [0.15, 0.2) is 22.7 Å². The van der Waals surface area contributed by atoms with E-state index in [1.807, 2.05) is 18.2 Å². The maximum absolute atomic E-state index is 12.4. The van der Waals surface area contributed by atoms with Crippen LogP contribution in [-0.4, -0.2) is 75.2 Å². The van der Waals surface area contributed by atoms with Gasteiger partial charge in [-0.1, -0.05) is 6.07 Å². The number of rotatable bonds is 6. The van der Waals surface area contributed by atoms with Crippen LogP contribution >= 0.6 is 15.9 Å². The van der Waals surface area contributed by atoms with Crippen LogP contribution in [0, 0.1) is 0 Å². The minimum Gasteiger partial charge on any atom is -0.496 e. The first-order valence-corrected chi connectivity index (χ1v) is 10.2. The van der Waals surface area contributed by atoms with Crippen molar-refractivity contribution in [2.45, 2.75) is 12.8 Å². The third kappa shape index (κ3) is 4.93. The molecule has 0 radical (unpaired) electrons. The van der Waals surface area contributed by atoms with Crippen LogP contribution in [0.4, 0.5) is 0 Å². The number of ether oxygens (including phenoxy) is 1. The monoisotopic (exact) mass is 433 g/mol. The lowest BCUT2D eigenvalue weighted by molar-refractivity contribution is -0.132. The highest BCUT2D eigenvalue weighted by Gasteiger charge is 2.29. The predicted molar refractivity (Wildman–Crippen MR) is 99.8 cm³/mol. The van der Waals surface area contributed by atoms with Crippen molar-refractivity contribution in [2.24, 2.45) is 0 Å². The molecule has 140 valence electrons. The molecule has 2 rings (SSSR count). The van der Waals surface area contributed by atoms with E-state index in [0.29, 0.717) is 39.0 Å². The molecule has 7 nitrogen and oxygen atoms in total. The van der Waals surface area contributed by atoms with Crippen molar-refractivity contribution in [3.05, 3.63) is 28.2 Å². The van der Waals surface area contributed by atoms with Crippen LogP contribution in [0.25, 0.3) is 0 Å². The summed E-state index contributed by atoms with van der Waals surface area (Å²) in [7, 11) is 1.23. The Bertz CT molecular complexity index is 716. The summed E-state index contributed by atoms with van der Waals surface area (Å²) in [5.41, 5.74) is 1.05. The Hall–Kier alpha value is -1.16. The average Bonchev–Trinajstić information content (AvgIpc) is 2.59. The molecule has 1 aliphatic heterocycles. The Morgan fingerprint density at radius 1 is 1.24 bits per heavy atom. The molecule has 1 heterocycles. The lowest BCUT2D eigenvalue weighted by Gasteiger charge is -2.35. The number of piperazine rings is 1. The fourth-order valence-corrected chi connectivity index (χ4v) is 4.35. The van der Waals surface area contributed by atoms with Gasteiger partial charge in [0.2, 0.25) is 5.91 Å². The van der Waals surface area contributed by atoms with Gasteiger partial charge in [0.15, 0.2) is 0 Å². The third-order valence-corrected chi connectivity index (χ3v) is 6.78. The maximum Gasteiger partial charge on any atom is 0.281 e. The average molecular weight is 434 g/mol. The van der Waals surface area contributed by atoms with E-state index in [0.717, 1.165) is 15.8 Å². The lowest BCUT2D eigenvalue weighted by Crippen LogP contribution is -2.53. The van der Waals surface area contributed by atoms with Crippen molar-refractivity contribution in [3.63, 3.8) is 0 Å². The van der Waals surface area contributed by atoms with Gasteiger partial charge in [0.1, 0.15) is 5.75 Å². The van der Waals surface area contributed by atoms with Crippen molar-refractivity contribution < 1.29 is 17.9 Å². The van der Waals surface area contributed by atoms with Gasteiger partial charge in [0, 0.05) is 46.7 Å². The van der Waals surface area contributed by atoms with Crippen molar-refractivity contribution >= 4 is 32.0 Å². The Balaban J connectivity index is 1.86. The Morgan fingerprint density at radius 3 is 2.40 bits per heavy atom. The van der Waals surface area contributed by atoms with Crippen LogP contribution in [0.3, 0.4) is 0 Å². The number of carbonyl (C=O) groups excluding carboxylic acids is 1. The van der Waals surface area contributed by atoms with E-state index in [2.05, 4.69) is 15.9 Å². The molecule has 9 heteroatoms. The number of halogens is 1. The van der Waals surface area contributed by atoms with Gasteiger partial charge in [-0.2, -0.15) is 17.0 Å². The van der Waals surface area contributed by atoms with E-state index >= 15 is 0 Å². The fraction of sp³-hybridized carbons (Fsp3) is 0.562. The highest BCUT2D eigenvalue weighted by Crippen LogP contribution is 2.26. The number of amides is 1. The molecule has 0 atom stereocenters. The molecule has 25 heavy (non-hydrogen) atoms. The van der Waals surface area contributed by atoms with Crippen molar-refractivity contribution in [2.75, 3.05) is 47.4 Å². The number of nitrogens with zero attached hydrogens (tertiary/aromatic N) is 3. The highest BCUT2D eigenvalue weighted by molar-refractivity contribution is 9.10. The Kier molecular flexibility index (Phi) is 6.84. The Labute approximate surface area is 157 Å². The molecule has 0 aliphatic carbocycles. The number of hydrogen-bond donors (Lipinski definition) is 0. The van der Waals surface area contributed by atoms with Crippen LogP contribution < -0.4 is 4.74 Å². The van der Waals surface area contributed by atoms with Crippen LogP contribution in [0.5, 0.6) is 5.75 Å². The zero-order valence-electron chi connectivity index (χ0n) is 14.7. The third-order valence-electron chi connectivity index (χ3n) is 4.22. The second-order valence-corrected chi connectivity index (χ2v) is 9.04. The minimum atomic E-state index is -3.40. The molecule has 0 unspecified atom stereocenters. The molecule has 1 aliphatic rings. The molecular weight excluding hydrogens is 410 g/mol. The number of carbonyl (C=O) groups is 1. The van der Waals surface area contributed by atoms with Gasteiger partial charge in [-0.05, 0) is 40.0 Å². The highest BCUT2D eigenvalue weighted by atomic mass is 79.9. The first-order chi connectivity index (χ1) is 11.8. The summed E-state index contributed by atoms with van der Waals surface area (Å²) in [6.07, 6.45) is 1.04. The predicted octanol–water partition coefficient (Wildman–Crippen LogP) is 1.34. The van der Waals surface area contributed by atoms with E-state index < -0.39 is 10.2 Å². The van der Waals surface area contributed by atoms with Gasteiger partial charge in [-0.3, -0.25) is 4.79 Å². The van der Waals surface area contributed by atoms with Crippen LogP contribution in [0.1, 0.15) is 12.0 Å². The summed E-state index contributed by atoms with van der Waals surface area (Å²) in [4.78, 5) is 14.1. The molecule has 1 fully saturated rings. The number of aryl methyl sites for hydroxylation is 1.